The number of nitrogens with zero attached hydrogens (tertiary/aromatic N) is 1. The van der Waals surface area contributed by atoms with Crippen LogP contribution in [0.3, 0.4) is 0 Å². The molecule has 3 nitrogen and oxygen atoms in total. The van der Waals surface area contributed by atoms with Gasteiger partial charge in [0.25, 0.3) is 0 Å². The Hall–Kier alpha value is -0.830. The second kappa shape index (κ2) is 6.51. The van der Waals surface area contributed by atoms with Crippen molar-refractivity contribution >= 4 is 6.29 Å². The van der Waals surface area contributed by atoms with Gasteiger partial charge in [0.2, 0.25) is 0 Å². The lowest BCUT2D eigenvalue weighted by Crippen LogP contribution is -2.58. The Morgan fingerprint density at radius 3 is 2.10 bits per heavy atom. The number of hydrogen-bond acceptors (Lipinski definition) is 3. The van der Waals surface area contributed by atoms with E-state index in [2.05, 4.69) is 32.8 Å². The Balaban J connectivity index is 2.17. The summed E-state index contributed by atoms with van der Waals surface area (Å²) in [4.78, 5) is 17.4. The summed E-state index contributed by atoms with van der Waals surface area (Å²) in [6.07, 6.45) is 12.1. The highest BCUT2D eigenvalue weighted by Crippen LogP contribution is 2.41. The maximum atomic E-state index is 11.0. The van der Waals surface area contributed by atoms with Crippen LogP contribution in [0, 0.1) is 5.92 Å². The second-order valence-electron chi connectivity index (χ2n) is 7.90. The van der Waals surface area contributed by atoms with E-state index >= 15 is 0 Å². The smallest absolute Gasteiger partial charge is 0.146 e. The number of allylic oxidation sites excluding steroid dienone is 2. The monoisotopic (exact) mass is 293 g/mol. The molecule has 0 N–H and O–H groups in total. The largest absolute Gasteiger partial charge is 0.409 e. The first-order chi connectivity index (χ1) is 9.87. The topological polar surface area (TPSA) is 29.5 Å². The minimum atomic E-state index is 0.0123. The first-order valence-electron chi connectivity index (χ1n) is 8.50. The molecular formula is C18H31NO2. The van der Waals surface area contributed by atoms with Gasteiger partial charge in [-0.25, -0.2) is 0 Å². The van der Waals surface area contributed by atoms with E-state index in [0.29, 0.717) is 5.92 Å². The third kappa shape index (κ3) is 3.88. The summed E-state index contributed by atoms with van der Waals surface area (Å²) in [6.45, 7) is 8.97. The number of carbonyl (C=O) groups excluding carboxylic acids is 1. The molecule has 0 aromatic rings. The van der Waals surface area contributed by atoms with Crippen LogP contribution in [0.4, 0.5) is 0 Å². The molecule has 0 radical (unpaired) electrons. The van der Waals surface area contributed by atoms with Crippen LogP contribution in [-0.4, -0.2) is 22.4 Å². The summed E-state index contributed by atoms with van der Waals surface area (Å²) in [7, 11) is 0. The van der Waals surface area contributed by atoms with Crippen LogP contribution in [-0.2, 0) is 9.63 Å². The fourth-order valence-electron chi connectivity index (χ4n) is 4.02. The zero-order chi connectivity index (χ0) is 15.5. The van der Waals surface area contributed by atoms with E-state index < -0.39 is 0 Å². The van der Waals surface area contributed by atoms with E-state index in [1.807, 2.05) is 0 Å². The van der Waals surface area contributed by atoms with Crippen molar-refractivity contribution in [1.29, 1.82) is 0 Å². The molecule has 1 aliphatic carbocycles. The molecule has 3 heteroatoms. The Morgan fingerprint density at radius 2 is 1.57 bits per heavy atom. The molecule has 1 saturated heterocycles. The molecule has 2 fully saturated rings. The SMILES string of the molecule is CC1(C)CCCC(C)(C)N1O/C(=C/C=O)C1CCCCC1. The van der Waals surface area contributed by atoms with E-state index in [1.54, 1.807) is 6.08 Å². The zero-order valence-electron chi connectivity index (χ0n) is 14.2. The third-order valence-electron chi connectivity index (χ3n) is 5.11. The molecule has 0 aromatic heterocycles. The average Bonchev–Trinajstić information content (AvgIpc) is 2.42. The van der Waals surface area contributed by atoms with Gasteiger partial charge in [-0.1, -0.05) is 19.3 Å². The van der Waals surface area contributed by atoms with Gasteiger partial charge >= 0.3 is 0 Å². The number of hydroxylamine groups is 2. The van der Waals surface area contributed by atoms with Gasteiger partial charge in [0.05, 0.1) is 11.1 Å². The van der Waals surface area contributed by atoms with E-state index in [1.165, 1.54) is 25.7 Å². The van der Waals surface area contributed by atoms with Crippen molar-refractivity contribution in [2.45, 2.75) is 90.1 Å². The van der Waals surface area contributed by atoms with Crippen molar-refractivity contribution in [3.63, 3.8) is 0 Å². The molecule has 0 aromatic carbocycles. The molecular weight excluding hydrogens is 262 g/mol. The number of carbonyl (C=O) groups is 1. The van der Waals surface area contributed by atoms with Gasteiger partial charge in [-0.15, -0.1) is 5.06 Å². The van der Waals surface area contributed by atoms with Gasteiger partial charge in [-0.3, -0.25) is 4.79 Å². The summed E-state index contributed by atoms with van der Waals surface area (Å²) in [5.74, 6) is 1.30. The van der Waals surface area contributed by atoms with Crippen LogP contribution in [0.2, 0.25) is 0 Å². The maximum absolute atomic E-state index is 11.0. The third-order valence-corrected chi connectivity index (χ3v) is 5.11. The summed E-state index contributed by atoms with van der Waals surface area (Å²) in [5.41, 5.74) is 0.0246. The van der Waals surface area contributed by atoms with Gasteiger partial charge in [0.1, 0.15) is 12.0 Å². The molecule has 1 saturated carbocycles. The summed E-state index contributed by atoms with van der Waals surface area (Å²) in [5, 5.41) is 2.16. The fraction of sp³-hybridized carbons (Fsp3) is 0.833. The van der Waals surface area contributed by atoms with E-state index in [4.69, 9.17) is 4.84 Å². The highest BCUT2D eigenvalue weighted by molar-refractivity contribution is 5.65. The van der Waals surface area contributed by atoms with E-state index in [-0.39, 0.29) is 11.1 Å². The van der Waals surface area contributed by atoms with Gasteiger partial charge in [-0.2, -0.15) is 0 Å². The number of piperidine rings is 1. The van der Waals surface area contributed by atoms with Crippen LogP contribution in [0.1, 0.15) is 79.1 Å². The van der Waals surface area contributed by atoms with Gasteiger partial charge < -0.3 is 4.84 Å². The van der Waals surface area contributed by atoms with Crippen LogP contribution < -0.4 is 0 Å². The minimum absolute atomic E-state index is 0.0123. The predicted octanol–water partition coefficient (Wildman–Crippen LogP) is 4.62. The number of rotatable bonds is 4. The molecule has 0 atom stereocenters. The first kappa shape index (κ1) is 16.5. The fourth-order valence-corrected chi connectivity index (χ4v) is 4.02. The molecule has 0 amide bonds. The normalized spacial score (nSPS) is 27.3. The molecule has 1 heterocycles. The van der Waals surface area contributed by atoms with Crippen LogP contribution in [0.25, 0.3) is 0 Å². The summed E-state index contributed by atoms with van der Waals surface area (Å²) in [6, 6.07) is 0. The molecule has 21 heavy (non-hydrogen) atoms. The average molecular weight is 293 g/mol. The Bertz CT molecular complexity index is 376. The molecule has 2 aliphatic rings. The number of hydrogen-bond donors (Lipinski definition) is 0. The van der Waals surface area contributed by atoms with Crippen LogP contribution in [0.5, 0.6) is 0 Å². The lowest BCUT2D eigenvalue weighted by atomic mass is 9.82. The molecule has 1 aliphatic heterocycles. The molecule has 0 spiro atoms. The maximum Gasteiger partial charge on any atom is 0.146 e. The molecule has 0 unspecified atom stereocenters. The standard InChI is InChI=1S/C18H31NO2/c1-17(2)12-8-13-18(3,4)19(17)21-16(11-14-20)15-9-6-5-7-10-15/h11,14-15H,5-10,12-13H2,1-4H3/b16-11+. The van der Waals surface area contributed by atoms with Crippen molar-refractivity contribution in [1.82, 2.24) is 5.06 Å². The lowest BCUT2D eigenvalue weighted by Gasteiger charge is -2.51. The number of aldehydes is 1. The Morgan fingerprint density at radius 1 is 1.00 bits per heavy atom. The van der Waals surface area contributed by atoms with Crippen molar-refractivity contribution in [2.24, 2.45) is 5.92 Å². The molecule has 2 rings (SSSR count). The van der Waals surface area contributed by atoms with Crippen molar-refractivity contribution < 1.29 is 9.63 Å². The lowest BCUT2D eigenvalue weighted by molar-refractivity contribution is -0.261. The van der Waals surface area contributed by atoms with Crippen molar-refractivity contribution in [3.05, 3.63) is 11.8 Å². The second-order valence-corrected chi connectivity index (χ2v) is 7.90. The quantitative estimate of drug-likeness (QED) is 0.430. The van der Waals surface area contributed by atoms with Gasteiger partial charge in [0, 0.05) is 12.0 Å². The van der Waals surface area contributed by atoms with Crippen molar-refractivity contribution in [2.75, 3.05) is 0 Å². The molecule has 0 bridgehead atoms. The Kier molecular flexibility index (Phi) is 5.13. The van der Waals surface area contributed by atoms with E-state index in [0.717, 1.165) is 37.7 Å². The molecule has 120 valence electrons. The van der Waals surface area contributed by atoms with Crippen LogP contribution >= 0.6 is 0 Å². The zero-order valence-corrected chi connectivity index (χ0v) is 14.2. The summed E-state index contributed by atoms with van der Waals surface area (Å²) < 4.78 is 0. The Labute approximate surface area is 129 Å². The van der Waals surface area contributed by atoms with Gasteiger partial charge in [-0.05, 0) is 59.8 Å². The highest BCUT2D eigenvalue weighted by Gasteiger charge is 2.44. The first-order valence-corrected chi connectivity index (χ1v) is 8.50. The minimum Gasteiger partial charge on any atom is -0.409 e. The van der Waals surface area contributed by atoms with E-state index in [9.17, 15) is 4.79 Å². The summed E-state index contributed by atoms with van der Waals surface area (Å²) >= 11 is 0. The highest BCUT2D eigenvalue weighted by atomic mass is 16.7. The van der Waals surface area contributed by atoms with Crippen molar-refractivity contribution in [3.8, 4) is 0 Å². The van der Waals surface area contributed by atoms with Gasteiger partial charge in [0.15, 0.2) is 0 Å². The predicted molar refractivity (Wildman–Crippen MR) is 85.7 cm³/mol. The van der Waals surface area contributed by atoms with Crippen LogP contribution in [0.15, 0.2) is 11.8 Å².